The van der Waals surface area contributed by atoms with Gasteiger partial charge in [-0.1, -0.05) is 6.92 Å². The van der Waals surface area contributed by atoms with E-state index in [2.05, 4.69) is 6.92 Å². The van der Waals surface area contributed by atoms with Crippen molar-refractivity contribution in [2.24, 2.45) is 28.6 Å². The molecular weight excluding hydrogens is 596 g/mol. The molecule has 1 aromatic rings. The maximum atomic E-state index is 13.2. The van der Waals surface area contributed by atoms with Crippen LogP contribution in [-0.2, 0) is 38.1 Å². The van der Waals surface area contributed by atoms with Gasteiger partial charge in [0, 0.05) is 37.9 Å². The maximum absolute atomic E-state index is 13.2. The highest BCUT2D eigenvalue weighted by Crippen LogP contribution is 2.70. The third-order valence-corrected chi connectivity index (χ3v) is 12.6. The molecule has 46 heavy (non-hydrogen) atoms. The first-order valence-corrected chi connectivity index (χ1v) is 16.8. The van der Waals surface area contributed by atoms with Crippen LogP contribution in [0.2, 0.25) is 0 Å². The van der Waals surface area contributed by atoms with Crippen molar-refractivity contribution in [1.82, 2.24) is 0 Å². The number of carbonyl (C=O) groups is 3. The molecule has 11 heteroatoms. The average molecular weight is 645 g/mol. The molecule has 6 rings (SSSR count). The molecule has 0 unspecified atom stereocenters. The summed E-state index contributed by atoms with van der Waals surface area (Å²) in [5, 5.41) is 12.5. The van der Waals surface area contributed by atoms with Gasteiger partial charge in [0.25, 0.3) is 0 Å². The smallest absolute Gasteiger partial charge is 0.335 e. The summed E-state index contributed by atoms with van der Waals surface area (Å²) in [4.78, 5) is 48.7. The highest BCUT2D eigenvalue weighted by Gasteiger charge is 2.68. The van der Waals surface area contributed by atoms with Crippen molar-refractivity contribution >= 4 is 18.2 Å². The van der Waals surface area contributed by atoms with Crippen LogP contribution < -0.4 is 5.63 Å². The molecule has 1 aromatic heterocycles. The number of hydrogen-bond acceptors (Lipinski definition) is 11. The van der Waals surface area contributed by atoms with E-state index in [0.29, 0.717) is 25.7 Å². The van der Waals surface area contributed by atoms with E-state index in [1.165, 1.54) is 33.3 Å². The van der Waals surface area contributed by atoms with Crippen molar-refractivity contribution in [1.29, 1.82) is 0 Å². The third kappa shape index (κ3) is 5.35. The summed E-state index contributed by atoms with van der Waals surface area (Å²) in [7, 11) is 1.47. The quantitative estimate of drug-likeness (QED) is 0.260. The second-order valence-corrected chi connectivity index (χ2v) is 14.7. The largest absolute Gasteiger partial charge is 0.457 e. The zero-order valence-corrected chi connectivity index (χ0v) is 27.5. The summed E-state index contributed by atoms with van der Waals surface area (Å²) in [6, 6.07) is 3.29. The fourth-order valence-corrected chi connectivity index (χ4v) is 10.5. The average Bonchev–Trinajstić information content (AvgIpc) is 3.30. The van der Waals surface area contributed by atoms with Crippen LogP contribution in [0.4, 0.5) is 0 Å². The Morgan fingerprint density at radius 1 is 0.957 bits per heavy atom. The molecule has 0 amide bonds. The van der Waals surface area contributed by atoms with Crippen molar-refractivity contribution in [2.75, 3.05) is 7.11 Å². The van der Waals surface area contributed by atoms with E-state index in [-0.39, 0.29) is 40.8 Å². The lowest BCUT2D eigenvalue weighted by molar-refractivity contribution is -0.316. The first kappa shape index (κ1) is 33.3. The van der Waals surface area contributed by atoms with Crippen LogP contribution in [0.25, 0.3) is 0 Å². The minimum Gasteiger partial charge on any atom is -0.457 e. The molecule has 0 spiro atoms. The van der Waals surface area contributed by atoms with Crippen LogP contribution in [0, 0.1) is 28.6 Å². The van der Waals surface area contributed by atoms with Gasteiger partial charge in [0.15, 0.2) is 18.5 Å². The second kappa shape index (κ2) is 12.5. The Kier molecular flexibility index (Phi) is 9.01. The van der Waals surface area contributed by atoms with Gasteiger partial charge in [0.2, 0.25) is 0 Å². The van der Waals surface area contributed by atoms with Crippen molar-refractivity contribution in [2.45, 2.75) is 134 Å². The van der Waals surface area contributed by atoms with Crippen LogP contribution in [0.15, 0.2) is 27.6 Å². The van der Waals surface area contributed by atoms with Crippen LogP contribution in [0.5, 0.6) is 0 Å². The molecule has 4 saturated carbocycles. The Morgan fingerprint density at radius 3 is 2.35 bits per heavy atom. The summed E-state index contributed by atoms with van der Waals surface area (Å²) in [6.45, 7) is 6.55. The number of methoxy groups -OCH3 is 1. The first-order valence-electron chi connectivity index (χ1n) is 16.8. The number of ether oxygens (including phenoxy) is 5. The molecule has 1 aliphatic heterocycles. The Labute approximate surface area is 269 Å². The minimum absolute atomic E-state index is 0.00225. The van der Waals surface area contributed by atoms with Gasteiger partial charge >= 0.3 is 17.6 Å². The summed E-state index contributed by atoms with van der Waals surface area (Å²) in [5.41, 5.74) is -1.28. The Hall–Kier alpha value is -2.60. The molecular formula is C35H48O11. The SMILES string of the molecule is CO[C@@H]1[C@H](OC(C)=O)[C@H](O[C@@H]2CC[C@@]3(C=O)[C@@H](CC[C@@H]4[C@@H]3CC[C@]3(C)[C@H](c5ccc(=O)oc5)CC[C@@]43O)C2)O[C@@H](C)[C@H]1OC(C)=O. The molecule has 1 N–H and O–H groups in total. The number of esters is 2. The lowest BCUT2D eigenvalue weighted by Crippen LogP contribution is -2.63. The molecule has 254 valence electrons. The van der Waals surface area contributed by atoms with E-state index in [1.807, 2.05) is 6.07 Å². The second-order valence-electron chi connectivity index (χ2n) is 14.7. The number of fused-ring (bicyclic) bond motifs is 5. The number of aldehydes is 1. The molecule has 11 nitrogen and oxygen atoms in total. The number of rotatable bonds is 7. The van der Waals surface area contributed by atoms with Gasteiger partial charge in [-0.2, -0.15) is 0 Å². The summed E-state index contributed by atoms with van der Waals surface area (Å²) >= 11 is 0. The zero-order chi connectivity index (χ0) is 33.0. The number of aliphatic hydroxyl groups is 1. The third-order valence-electron chi connectivity index (χ3n) is 12.6. The van der Waals surface area contributed by atoms with Crippen LogP contribution in [0.1, 0.15) is 97.0 Å². The van der Waals surface area contributed by atoms with Crippen LogP contribution >= 0.6 is 0 Å². The lowest BCUT2D eigenvalue weighted by Gasteiger charge is -2.63. The van der Waals surface area contributed by atoms with Gasteiger partial charge in [-0.3, -0.25) is 9.59 Å². The normalized spacial score (nSPS) is 45.1. The van der Waals surface area contributed by atoms with E-state index in [4.69, 9.17) is 28.1 Å². The number of carbonyl (C=O) groups excluding carboxylic acids is 3. The van der Waals surface area contributed by atoms with E-state index >= 15 is 0 Å². The highest BCUT2D eigenvalue weighted by atomic mass is 16.7. The Bertz CT molecular complexity index is 1360. The summed E-state index contributed by atoms with van der Waals surface area (Å²) < 4.78 is 34.7. The molecule has 13 atom stereocenters. The van der Waals surface area contributed by atoms with Gasteiger partial charge < -0.3 is 38.0 Å². The number of hydrogen-bond donors (Lipinski definition) is 1. The van der Waals surface area contributed by atoms with E-state index in [1.54, 1.807) is 13.2 Å². The van der Waals surface area contributed by atoms with Gasteiger partial charge in [0.05, 0.1) is 24.1 Å². The van der Waals surface area contributed by atoms with E-state index in [0.717, 1.165) is 37.7 Å². The van der Waals surface area contributed by atoms with Crippen molar-refractivity contribution in [3.05, 3.63) is 34.4 Å². The Morgan fingerprint density at radius 2 is 1.70 bits per heavy atom. The van der Waals surface area contributed by atoms with Crippen molar-refractivity contribution in [3.8, 4) is 0 Å². The van der Waals surface area contributed by atoms with Crippen LogP contribution in [-0.4, -0.2) is 72.9 Å². The Balaban J connectivity index is 1.19. The van der Waals surface area contributed by atoms with E-state index in [9.17, 15) is 24.3 Å². The minimum atomic E-state index is -0.949. The fourth-order valence-electron chi connectivity index (χ4n) is 10.5. The maximum Gasteiger partial charge on any atom is 0.335 e. The topological polar surface area (TPSA) is 148 Å². The lowest BCUT2D eigenvalue weighted by atomic mass is 9.43. The van der Waals surface area contributed by atoms with Gasteiger partial charge in [-0.05, 0) is 100 Å². The van der Waals surface area contributed by atoms with Gasteiger partial charge in [-0.15, -0.1) is 0 Å². The molecule has 0 aromatic carbocycles. The summed E-state index contributed by atoms with van der Waals surface area (Å²) in [5.74, 6) is -0.795. The standard InChI is InChI=1S/C35H48O11/c1-19-29(44-20(2)37)30(41-5)31(45-21(3)38)32(43-19)46-24-10-14-34(18-36)23(16-24)7-8-27-26(34)11-13-33(4)25(12-15-35(27,33)40)22-6-9-28(39)42-17-22/h6,9,17-19,23-27,29-32,40H,7-8,10-16H2,1-5H3/t19-,23-,24+,25-,26-,27+,29+,30-,31-,32-,33+,34+,35+/m0/s1. The molecule has 5 fully saturated rings. The molecule has 0 bridgehead atoms. The first-order chi connectivity index (χ1) is 21.9. The zero-order valence-electron chi connectivity index (χ0n) is 27.5. The van der Waals surface area contributed by atoms with Gasteiger partial charge in [0.1, 0.15) is 12.4 Å². The predicted molar refractivity (Wildman–Crippen MR) is 162 cm³/mol. The summed E-state index contributed by atoms with van der Waals surface area (Å²) in [6.07, 6.45) is 5.09. The fraction of sp³-hybridized carbons (Fsp3) is 0.771. The molecule has 4 aliphatic carbocycles. The highest BCUT2D eigenvalue weighted by molar-refractivity contribution is 5.67. The van der Waals surface area contributed by atoms with Crippen LogP contribution in [0.3, 0.4) is 0 Å². The monoisotopic (exact) mass is 644 g/mol. The van der Waals surface area contributed by atoms with Crippen molar-refractivity contribution < 1.29 is 47.6 Å². The predicted octanol–water partition coefficient (Wildman–Crippen LogP) is 4.07. The molecule has 0 radical (unpaired) electrons. The van der Waals surface area contributed by atoms with Gasteiger partial charge in [-0.25, -0.2) is 4.79 Å². The molecule has 5 aliphatic rings. The molecule has 1 saturated heterocycles. The van der Waals surface area contributed by atoms with Crippen molar-refractivity contribution in [3.63, 3.8) is 0 Å². The van der Waals surface area contributed by atoms with E-state index < -0.39 is 53.7 Å². The molecule has 2 heterocycles.